The second kappa shape index (κ2) is 16.3. The van der Waals surface area contributed by atoms with Crippen molar-refractivity contribution in [1.29, 1.82) is 0 Å². The minimum absolute atomic E-state index is 1.02. The van der Waals surface area contributed by atoms with Crippen LogP contribution < -0.4 is 0 Å². The predicted molar refractivity (Wildman–Crippen MR) is 53.1 cm³/mol. The maximum atomic E-state index is 8.11. The minimum Gasteiger partial charge on any atom is -0.379 e. The number of nitrogens with zero attached hydrogens (tertiary/aromatic N) is 1. The molecule has 0 saturated carbocycles. The zero-order valence-electron chi connectivity index (χ0n) is 8.00. The van der Waals surface area contributed by atoms with E-state index in [1.807, 2.05) is 20.8 Å². The van der Waals surface area contributed by atoms with Crippen LogP contribution in [0.25, 0.3) is 0 Å². The van der Waals surface area contributed by atoms with E-state index in [9.17, 15) is 0 Å². The predicted octanol–water partition coefficient (Wildman–Crippen LogP) is 3.47. The molecule has 70 valence electrons. The Hall–Kier alpha value is -1.38. The number of allylic oxidation sites excluding steroid dienone is 3. The van der Waals surface area contributed by atoms with Crippen LogP contribution in [0.1, 0.15) is 20.8 Å². The largest absolute Gasteiger partial charge is 0.379 e. The van der Waals surface area contributed by atoms with Crippen molar-refractivity contribution in [3.05, 3.63) is 41.9 Å². The lowest BCUT2D eigenvalue weighted by atomic mass is 10.4. The van der Waals surface area contributed by atoms with Gasteiger partial charge in [-0.1, -0.05) is 30.4 Å². The summed E-state index contributed by atoms with van der Waals surface area (Å²) in [5.74, 6) is 0. The second-order valence-corrected chi connectivity index (χ2v) is 2.34. The van der Waals surface area contributed by atoms with Crippen molar-refractivity contribution >= 4 is 0 Å². The Labute approximate surface area is 74.0 Å². The summed E-state index contributed by atoms with van der Waals surface area (Å²) < 4.78 is 0. The molecule has 0 aliphatic carbocycles. The highest BCUT2D eigenvalue weighted by molar-refractivity contribution is 5.05. The lowest BCUT2D eigenvalue weighted by molar-refractivity contribution is 0.312. The fourth-order valence-electron chi connectivity index (χ4n) is 0. The molecule has 0 amide bonds. The van der Waals surface area contributed by atoms with Gasteiger partial charge in [-0.25, -0.2) is 0 Å². The van der Waals surface area contributed by atoms with Gasteiger partial charge in [0.2, 0.25) is 0 Å². The summed E-state index contributed by atoms with van der Waals surface area (Å²) in [5.41, 5.74) is 2.19. The average molecular weight is 171 g/mol. The second-order valence-electron chi connectivity index (χ2n) is 2.34. The first kappa shape index (κ1) is 16.9. The summed E-state index contributed by atoms with van der Waals surface area (Å²) in [6.45, 7) is 16.4. The maximum Gasteiger partial charge on any atom is 0.152 e. The molecular weight excluding hydrogens is 154 g/mol. The molecule has 1 N–H and O–H groups in total. The van der Waals surface area contributed by atoms with E-state index < -0.39 is 0 Å². The molecule has 0 radical (unpaired) electrons. The zero-order chi connectivity index (χ0) is 10.6. The lowest BCUT2D eigenvalue weighted by Crippen LogP contribution is -1.50. The molecule has 3 nitrogen and oxygen atoms in total. The molecule has 0 aliphatic heterocycles. The Balaban J connectivity index is -0.000000105. The molecule has 0 bridgehead atoms. The van der Waals surface area contributed by atoms with Crippen LogP contribution in [0, 0.1) is 4.91 Å². The van der Waals surface area contributed by atoms with Crippen molar-refractivity contribution in [2.75, 3.05) is 0 Å². The van der Waals surface area contributed by atoms with Crippen molar-refractivity contribution in [2.45, 2.75) is 20.8 Å². The van der Waals surface area contributed by atoms with Gasteiger partial charge in [0.1, 0.15) is 0 Å². The van der Waals surface area contributed by atoms with E-state index in [2.05, 4.69) is 19.7 Å². The Morgan fingerprint density at radius 2 is 1.42 bits per heavy atom. The first-order valence-corrected chi connectivity index (χ1v) is 3.29. The third-order valence-corrected chi connectivity index (χ3v) is 0.348. The van der Waals surface area contributed by atoms with Gasteiger partial charge in [-0.2, -0.15) is 0 Å². The fourth-order valence-corrected chi connectivity index (χ4v) is 0. The van der Waals surface area contributed by atoms with Crippen LogP contribution >= 0.6 is 0 Å². The molecule has 0 spiro atoms. The normalized spacial score (nSPS) is 5.92. The van der Waals surface area contributed by atoms with E-state index in [-0.39, 0.29) is 0 Å². The van der Waals surface area contributed by atoms with Gasteiger partial charge >= 0.3 is 0 Å². The standard InChI is InChI=1S/C5H8.C4H8.HNO2/c1-4-5(2)3;1-4(2)3;2-1-3/h4H,1-2H2,3H3;1H2,2-3H3;(H,2,3). The molecule has 3 heteroatoms. The summed E-state index contributed by atoms with van der Waals surface area (Å²) in [4.78, 5) is 8.11. The van der Waals surface area contributed by atoms with Gasteiger partial charge in [0.05, 0.1) is 0 Å². The number of rotatable bonds is 1. The van der Waals surface area contributed by atoms with Crippen LogP contribution in [0.15, 0.2) is 42.3 Å². The van der Waals surface area contributed by atoms with Crippen molar-refractivity contribution < 1.29 is 5.21 Å². The van der Waals surface area contributed by atoms with Gasteiger partial charge in [0, 0.05) is 0 Å². The molecule has 0 unspecified atom stereocenters. The summed E-state index contributed by atoms with van der Waals surface area (Å²) in [6.07, 6.45) is 1.72. The van der Waals surface area contributed by atoms with Crippen LogP contribution in [-0.2, 0) is 0 Å². The molecule has 0 aromatic heterocycles. The van der Waals surface area contributed by atoms with Gasteiger partial charge in [0.25, 0.3) is 0 Å². The van der Waals surface area contributed by atoms with Crippen molar-refractivity contribution in [1.82, 2.24) is 0 Å². The van der Waals surface area contributed by atoms with Crippen LogP contribution in [0.4, 0.5) is 0 Å². The first-order valence-electron chi connectivity index (χ1n) is 3.29. The van der Waals surface area contributed by atoms with Crippen LogP contribution in [0.2, 0.25) is 0 Å². The van der Waals surface area contributed by atoms with E-state index in [0.717, 1.165) is 5.57 Å². The van der Waals surface area contributed by atoms with Crippen LogP contribution in [0.3, 0.4) is 0 Å². The van der Waals surface area contributed by atoms with Crippen molar-refractivity contribution in [3.8, 4) is 0 Å². The van der Waals surface area contributed by atoms with Gasteiger partial charge in [-0.15, -0.1) is 11.5 Å². The average Bonchev–Trinajstić information content (AvgIpc) is 1.88. The summed E-state index contributed by atoms with van der Waals surface area (Å²) in [7, 11) is 0. The Morgan fingerprint density at radius 1 is 1.33 bits per heavy atom. The SMILES string of the molecule is C=C(C)C.C=CC(=C)C.O=NO. The quantitative estimate of drug-likeness (QED) is 0.284. The molecule has 0 atom stereocenters. The lowest BCUT2D eigenvalue weighted by Gasteiger charge is -1.71. The van der Waals surface area contributed by atoms with E-state index in [1.165, 1.54) is 10.9 Å². The number of hydrogen-bond donors (Lipinski definition) is 1. The van der Waals surface area contributed by atoms with Gasteiger partial charge < -0.3 is 5.21 Å². The third kappa shape index (κ3) is 1300. The first-order chi connectivity index (χ1) is 5.42. The van der Waals surface area contributed by atoms with Gasteiger partial charge in [-0.3, -0.25) is 0 Å². The van der Waals surface area contributed by atoms with Crippen molar-refractivity contribution in [3.63, 3.8) is 0 Å². The maximum absolute atomic E-state index is 8.11. The van der Waals surface area contributed by atoms with Crippen LogP contribution in [-0.4, -0.2) is 5.21 Å². The smallest absolute Gasteiger partial charge is 0.152 e. The molecule has 12 heavy (non-hydrogen) atoms. The van der Waals surface area contributed by atoms with Crippen LogP contribution in [0.5, 0.6) is 0 Å². The highest BCUT2D eigenvalue weighted by atomic mass is 16.6. The van der Waals surface area contributed by atoms with E-state index >= 15 is 0 Å². The highest BCUT2D eigenvalue weighted by Gasteiger charge is 1.59. The minimum atomic E-state index is 1.02. The van der Waals surface area contributed by atoms with E-state index in [1.54, 1.807) is 6.08 Å². The molecule has 0 rings (SSSR count). The zero-order valence-corrected chi connectivity index (χ0v) is 8.00. The molecule has 0 heterocycles. The van der Waals surface area contributed by atoms with E-state index in [0.29, 0.717) is 0 Å². The Morgan fingerprint density at radius 3 is 1.42 bits per heavy atom. The Bertz CT molecular complexity index is 147. The molecular formula is C9H17NO2. The number of hydrogen-bond acceptors (Lipinski definition) is 2. The summed E-state index contributed by atoms with van der Waals surface area (Å²) >= 11 is 0. The Kier molecular flexibility index (Phi) is 23.0. The third-order valence-electron chi connectivity index (χ3n) is 0.348. The fraction of sp³-hybridized carbons (Fsp3) is 0.333. The topological polar surface area (TPSA) is 49.7 Å². The highest BCUT2D eigenvalue weighted by Crippen LogP contribution is 1.81. The van der Waals surface area contributed by atoms with Crippen molar-refractivity contribution in [2.24, 2.45) is 5.34 Å². The monoisotopic (exact) mass is 171 g/mol. The summed E-state index contributed by atoms with van der Waals surface area (Å²) in [6, 6.07) is 0. The molecule has 0 fully saturated rings. The molecule has 0 aromatic carbocycles. The van der Waals surface area contributed by atoms with Gasteiger partial charge in [-0.05, 0) is 20.8 Å². The summed E-state index contributed by atoms with van der Waals surface area (Å²) in [5, 5.41) is 7.89. The molecule has 0 saturated heterocycles. The molecule has 0 aromatic rings. The van der Waals surface area contributed by atoms with Gasteiger partial charge in [0.15, 0.2) is 5.34 Å². The van der Waals surface area contributed by atoms with E-state index in [4.69, 9.17) is 10.1 Å². The molecule has 0 aliphatic rings.